The Morgan fingerprint density at radius 3 is 2.67 bits per heavy atom. The van der Waals surface area contributed by atoms with Gasteiger partial charge in [0.1, 0.15) is 6.61 Å². The number of rotatable bonds is 2. The Kier molecular flexibility index (Phi) is 3.35. The molecule has 0 fully saturated rings. The number of hydrogen-bond acceptors (Lipinski definition) is 3. The van der Waals surface area contributed by atoms with Gasteiger partial charge in [-0.05, 0) is 5.56 Å². The van der Waals surface area contributed by atoms with Gasteiger partial charge in [0.05, 0.1) is 0 Å². The van der Waals surface area contributed by atoms with Crippen LogP contribution in [0.5, 0.6) is 0 Å². The third-order valence-corrected chi connectivity index (χ3v) is 1.43. The molecule has 0 bridgehead atoms. The first-order valence-electron chi connectivity index (χ1n) is 3.37. The minimum absolute atomic E-state index is 0.222. The summed E-state index contributed by atoms with van der Waals surface area (Å²) in [5.41, 5.74) is 0.921. The van der Waals surface area contributed by atoms with Gasteiger partial charge in [-0.3, -0.25) is 0 Å². The highest BCUT2D eigenvalue weighted by molar-refractivity contribution is 7.47. The second-order valence-electron chi connectivity index (χ2n) is 2.13. The van der Waals surface area contributed by atoms with Crippen LogP contribution in [0.1, 0.15) is 5.56 Å². The first-order chi connectivity index (χ1) is 5.83. The zero-order chi connectivity index (χ0) is 8.81. The Morgan fingerprint density at radius 2 is 2.08 bits per heavy atom. The lowest BCUT2D eigenvalue weighted by molar-refractivity contribution is 0.151. The van der Waals surface area contributed by atoms with Crippen molar-refractivity contribution >= 4 is 18.5 Å². The molecule has 0 aliphatic rings. The Hall–Kier alpha value is -1.29. The Labute approximate surface area is 75.5 Å². The van der Waals surface area contributed by atoms with Crippen molar-refractivity contribution in [1.29, 1.82) is 0 Å². The molecule has 0 radical (unpaired) electrons. The number of carbonyl (C=O) groups excluding carboxylic acids is 1. The summed E-state index contributed by atoms with van der Waals surface area (Å²) in [4.78, 5) is 10.5. The minimum Gasteiger partial charge on any atom is -0.442 e. The average molecular weight is 181 g/mol. The normalized spacial score (nSPS) is 9.00. The smallest absolute Gasteiger partial charge is 0.442 e. The molecule has 62 valence electrons. The number of carbonyl (C=O) groups is 1. The number of hydrogen-bond donors (Lipinski definition) is 0. The van der Waals surface area contributed by atoms with Crippen molar-refractivity contribution in [3.63, 3.8) is 0 Å². The van der Waals surface area contributed by atoms with Gasteiger partial charge >= 0.3 is 6.09 Å². The highest BCUT2D eigenvalue weighted by atomic mass is 32.1. The predicted octanol–water partition coefficient (Wildman–Crippen LogP) is 2.05. The van der Waals surface area contributed by atoms with Crippen LogP contribution in [0.25, 0.3) is 0 Å². The van der Waals surface area contributed by atoms with E-state index in [1.807, 2.05) is 30.3 Å². The fourth-order valence-electron chi connectivity index (χ4n) is 0.746. The molecule has 0 N–H and O–H groups in total. The van der Waals surface area contributed by atoms with Crippen LogP contribution in [0.15, 0.2) is 34.7 Å². The highest BCUT2D eigenvalue weighted by Gasteiger charge is 1.97. The number of benzene rings is 1. The molecule has 3 nitrogen and oxygen atoms in total. The van der Waals surface area contributed by atoms with Gasteiger partial charge in [0, 0.05) is 12.4 Å². The van der Waals surface area contributed by atoms with Gasteiger partial charge in [0.2, 0.25) is 0 Å². The van der Waals surface area contributed by atoms with E-state index in [4.69, 9.17) is 0 Å². The maximum atomic E-state index is 10.5. The first-order valence-corrected chi connectivity index (χ1v) is 3.73. The Bertz CT molecular complexity index is 274. The third-order valence-electron chi connectivity index (χ3n) is 1.28. The summed E-state index contributed by atoms with van der Waals surface area (Å²) < 4.78 is 7.59. The second kappa shape index (κ2) is 4.56. The van der Waals surface area contributed by atoms with Gasteiger partial charge in [0.25, 0.3) is 0 Å². The molecule has 0 saturated heterocycles. The van der Waals surface area contributed by atoms with Gasteiger partial charge in [-0.2, -0.15) is 0 Å². The molecule has 1 aromatic carbocycles. The topological polar surface area (TPSA) is 38.7 Å². The van der Waals surface area contributed by atoms with E-state index < -0.39 is 6.09 Å². The molecule has 1 aromatic rings. The summed E-state index contributed by atoms with van der Waals surface area (Å²) in [5, 5.41) is 0. The van der Waals surface area contributed by atoms with Crippen molar-refractivity contribution in [1.82, 2.24) is 0 Å². The molecule has 0 spiro atoms. The third kappa shape index (κ3) is 2.75. The maximum absolute atomic E-state index is 10.5. The molecule has 0 aromatic heterocycles. The van der Waals surface area contributed by atoms with E-state index in [0.717, 1.165) is 5.56 Å². The number of amides is 1. The van der Waals surface area contributed by atoms with Crippen molar-refractivity contribution in [2.75, 3.05) is 0 Å². The van der Waals surface area contributed by atoms with E-state index in [-0.39, 0.29) is 6.61 Å². The summed E-state index contributed by atoms with van der Waals surface area (Å²) in [6.45, 7) is 0.222. The molecule has 12 heavy (non-hydrogen) atoms. The molecule has 1 amide bonds. The molecule has 0 aliphatic heterocycles. The van der Waals surface area contributed by atoms with Crippen LogP contribution in [0.4, 0.5) is 4.79 Å². The number of nitrogens with zero attached hydrogens (tertiary/aromatic N) is 1. The molecule has 0 unspecified atom stereocenters. The minimum atomic E-state index is -0.714. The fraction of sp³-hybridized carbons (Fsp3) is 0.125. The summed E-state index contributed by atoms with van der Waals surface area (Å²) in [7, 11) is 0. The molecule has 0 aliphatic carbocycles. The van der Waals surface area contributed by atoms with E-state index in [1.165, 1.54) is 0 Å². The quantitative estimate of drug-likeness (QED) is 0.700. The Balaban J connectivity index is 2.43. The maximum Gasteiger partial charge on any atom is 0.445 e. The van der Waals surface area contributed by atoms with E-state index in [1.54, 1.807) is 0 Å². The summed E-state index contributed by atoms with van der Waals surface area (Å²) >= 11 is 4.14. The van der Waals surface area contributed by atoms with Crippen LogP contribution in [0, 0.1) is 0 Å². The van der Waals surface area contributed by atoms with Crippen LogP contribution in [0.2, 0.25) is 0 Å². The molecule has 1 rings (SSSR count). The summed E-state index contributed by atoms with van der Waals surface area (Å²) in [6, 6.07) is 9.35. The molecule has 0 saturated carbocycles. The van der Waals surface area contributed by atoms with Crippen molar-refractivity contribution in [3.8, 4) is 0 Å². The number of ether oxygens (including phenoxy) is 1. The first kappa shape index (κ1) is 8.80. The highest BCUT2D eigenvalue weighted by Crippen LogP contribution is 2.00. The van der Waals surface area contributed by atoms with Gasteiger partial charge in [-0.25, -0.2) is 4.79 Å². The van der Waals surface area contributed by atoms with E-state index in [0.29, 0.717) is 0 Å². The largest absolute Gasteiger partial charge is 0.445 e. The van der Waals surface area contributed by atoms with Gasteiger partial charge in [-0.15, -0.1) is 4.36 Å². The zero-order valence-corrected chi connectivity index (χ0v) is 7.08. The SMILES string of the molecule is O=C(N=S)OCc1ccccc1. The van der Waals surface area contributed by atoms with Gasteiger partial charge < -0.3 is 4.74 Å². The predicted molar refractivity (Wildman–Crippen MR) is 46.4 cm³/mol. The summed E-state index contributed by atoms with van der Waals surface area (Å²) in [6.07, 6.45) is -0.714. The molecule has 0 atom stereocenters. The van der Waals surface area contributed by atoms with E-state index in [9.17, 15) is 4.79 Å². The standard InChI is InChI=1S/C8H7NO2S/c10-8(9-12)11-6-7-4-2-1-3-5-7/h1-5H,6H2. The lowest BCUT2D eigenvalue weighted by atomic mass is 10.2. The lowest BCUT2D eigenvalue weighted by Crippen LogP contribution is -1.97. The molecule has 0 heterocycles. The zero-order valence-electron chi connectivity index (χ0n) is 6.27. The van der Waals surface area contributed by atoms with Crippen LogP contribution in [0.3, 0.4) is 0 Å². The Morgan fingerprint density at radius 1 is 1.42 bits per heavy atom. The summed E-state index contributed by atoms with van der Waals surface area (Å²) in [5.74, 6) is 0. The molecular formula is C8H7NO2S. The van der Waals surface area contributed by atoms with Crippen LogP contribution in [-0.2, 0) is 23.8 Å². The van der Waals surface area contributed by atoms with Crippen molar-refractivity contribution < 1.29 is 9.53 Å². The lowest BCUT2D eigenvalue weighted by Gasteiger charge is -1.99. The monoisotopic (exact) mass is 181 g/mol. The second-order valence-corrected chi connectivity index (χ2v) is 2.31. The van der Waals surface area contributed by atoms with Crippen LogP contribution < -0.4 is 0 Å². The fourth-order valence-corrected chi connectivity index (χ4v) is 0.798. The van der Waals surface area contributed by atoms with Crippen molar-refractivity contribution in [2.45, 2.75) is 6.61 Å². The van der Waals surface area contributed by atoms with Gasteiger partial charge in [-0.1, -0.05) is 30.3 Å². The van der Waals surface area contributed by atoms with Crippen molar-refractivity contribution in [3.05, 3.63) is 35.9 Å². The van der Waals surface area contributed by atoms with Gasteiger partial charge in [0.15, 0.2) is 0 Å². The van der Waals surface area contributed by atoms with Crippen molar-refractivity contribution in [2.24, 2.45) is 4.36 Å². The molecule has 4 heteroatoms. The van der Waals surface area contributed by atoms with E-state index >= 15 is 0 Å². The average Bonchev–Trinajstić information content (AvgIpc) is 2.16. The van der Waals surface area contributed by atoms with E-state index in [2.05, 4.69) is 21.5 Å². The molecular weight excluding hydrogens is 174 g/mol. The van der Waals surface area contributed by atoms with Crippen LogP contribution >= 0.6 is 0 Å². The van der Waals surface area contributed by atoms with Crippen LogP contribution in [-0.4, -0.2) is 6.09 Å².